The molecule has 80 valence electrons. The lowest BCUT2D eigenvalue weighted by Crippen LogP contribution is -2.25. The van der Waals surface area contributed by atoms with Crippen molar-refractivity contribution in [3.05, 3.63) is 11.6 Å². The Labute approximate surface area is 84.8 Å². The van der Waals surface area contributed by atoms with Crippen molar-refractivity contribution >= 4 is 5.97 Å². The molecule has 0 saturated heterocycles. The molecule has 2 unspecified atom stereocenters. The maximum absolute atomic E-state index is 11.0. The van der Waals surface area contributed by atoms with Crippen LogP contribution in [0.5, 0.6) is 0 Å². The van der Waals surface area contributed by atoms with Gasteiger partial charge in [-0.3, -0.25) is 0 Å². The Hall–Kier alpha value is -0.830. The second kappa shape index (κ2) is 5.15. The van der Waals surface area contributed by atoms with Crippen LogP contribution in [-0.2, 0) is 9.53 Å². The van der Waals surface area contributed by atoms with Crippen molar-refractivity contribution in [1.82, 2.24) is 0 Å². The second-order valence-corrected chi connectivity index (χ2v) is 3.87. The number of methoxy groups -OCH3 is 1. The Morgan fingerprint density at radius 3 is 2.64 bits per heavy atom. The molecule has 14 heavy (non-hydrogen) atoms. The van der Waals surface area contributed by atoms with Crippen LogP contribution in [0.25, 0.3) is 0 Å². The van der Waals surface area contributed by atoms with E-state index < -0.39 is 0 Å². The Kier molecular flexibility index (Phi) is 4.14. The number of esters is 1. The highest BCUT2D eigenvalue weighted by Gasteiger charge is 2.24. The minimum Gasteiger partial charge on any atom is -0.466 e. The van der Waals surface area contributed by atoms with E-state index in [-0.39, 0.29) is 18.0 Å². The largest absolute Gasteiger partial charge is 0.466 e. The Morgan fingerprint density at radius 2 is 2.07 bits per heavy atom. The van der Waals surface area contributed by atoms with Gasteiger partial charge in [0.15, 0.2) is 0 Å². The number of hydrogen-bond donors (Lipinski definition) is 1. The van der Waals surface area contributed by atoms with Crippen LogP contribution >= 0.6 is 0 Å². The smallest absolute Gasteiger partial charge is 0.330 e. The summed E-state index contributed by atoms with van der Waals surface area (Å²) in [6, 6.07) is 0. The fraction of sp³-hybridized carbons (Fsp3) is 0.727. The van der Waals surface area contributed by atoms with Crippen molar-refractivity contribution in [2.24, 2.45) is 5.92 Å². The summed E-state index contributed by atoms with van der Waals surface area (Å²) in [6.45, 7) is 1.89. The zero-order valence-corrected chi connectivity index (χ0v) is 8.82. The molecule has 0 aromatic carbocycles. The van der Waals surface area contributed by atoms with Gasteiger partial charge in [0.1, 0.15) is 0 Å². The number of carbonyl (C=O) groups excluding carboxylic acids is 1. The van der Waals surface area contributed by atoms with Crippen LogP contribution in [0, 0.1) is 5.92 Å². The molecule has 1 fully saturated rings. The lowest BCUT2D eigenvalue weighted by molar-refractivity contribution is -0.134. The number of carbonyl (C=O) groups is 1. The van der Waals surface area contributed by atoms with Crippen LogP contribution in [0.3, 0.4) is 0 Å². The summed E-state index contributed by atoms with van der Waals surface area (Å²) in [7, 11) is 1.36. The van der Waals surface area contributed by atoms with Crippen LogP contribution in [-0.4, -0.2) is 24.3 Å². The lowest BCUT2D eigenvalue weighted by Gasteiger charge is -2.28. The zero-order valence-electron chi connectivity index (χ0n) is 8.82. The molecule has 1 aliphatic carbocycles. The molecule has 2 atom stereocenters. The number of aliphatic hydroxyl groups excluding tert-OH is 1. The third-order valence-electron chi connectivity index (χ3n) is 2.86. The summed E-state index contributed by atoms with van der Waals surface area (Å²) in [5.74, 6) is -0.192. The van der Waals surface area contributed by atoms with Crippen molar-refractivity contribution in [3.63, 3.8) is 0 Å². The monoisotopic (exact) mass is 198 g/mol. The maximum Gasteiger partial charge on any atom is 0.330 e. The molecule has 0 amide bonds. The van der Waals surface area contributed by atoms with Gasteiger partial charge in [-0.25, -0.2) is 4.79 Å². The summed E-state index contributed by atoms with van der Waals surface area (Å²) in [5.41, 5.74) is 0.934. The van der Waals surface area contributed by atoms with Gasteiger partial charge in [0.05, 0.1) is 13.2 Å². The first-order chi connectivity index (χ1) is 6.65. The van der Waals surface area contributed by atoms with E-state index >= 15 is 0 Å². The van der Waals surface area contributed by atoms with Gasteiger partial charge in [-0.2, -0.15) is 0 Å². The number of ether oxygens (including phenoxy) is 1. The highest BCUT2D eigenvalue weighted by Crippen LogP contribution is 2.29. The van der Waals surface area contributed by atoms with Crippen LogP contribution in [0.2, 0.25) is 0 Å². The lowest BCUT2D eigenvalue weighted by atomic mass is 9.82. The van der Waals surface area contributed by atoms with Gasteiger partial charge < -0.3 is 9.84 Å². The molecule has 3 nitrogen and oxygen atoms in total. The van der Waals surface area contributed by atoms with E-state index in [4.69, 9.17) is 0 Å². The van der Waals surface area contributed by atoms with E-state index in [9.17, 15) is 9.90 Å². The predicted octanol–water partition coefficient (Wildman–Crippen LogP) is 1.66. The number of aliphatic hydroxyl groups is 1. The van der Waals surface area contributed by atoms with Gasteiger partial charge >= 0.3 is 5.97 Å². The van der Waals surface area contributed by atoms with E-state index in [0.717, 1.165) is 31.3 Å². The average molecular weight is 198 g/mol. The molecule has 0 radical (unpaired) electrons. The summed E-state index contributed by atoms with van der Waals surface area (Å²) < 4.78 is 4.55. The van der Waals surface area contributed by atoms with Gasteiger partial charge in [0.25, 0.3) is 0 Å². The molecule has 0 heterocycles. The molecule has 0 bridgehead atoms. The van der Waals surface area contributed by atoms with E-state index in [1.54, 1.807) is 0 Å². The summed E-state index contributed by atoms with van der Waals surface area (Å²) in [5, 5.41) is 9.73. The quantitative estimate of drug-likeness (QED) is 0.542. The van der Waals surface area contributed by atoms with E-state index in [1.807, 2.05) is 6.92 Å². The number of hydrogen-bond acceptors (Lipinski definition) is 3. The molecular formula is C11H18O3. The van der Waals surface area contributed by atoms with Crippen molar-refractivity contribution in [3.8, 4) is 0 Å². The van der Waals surface area contributed by atoms with E-state index in [1.165, 1.54) is 13.2 Å². The van der Waals surface area contributed by atoms with Gasteiger partial charge in [-0.05, 0) is 19.8 Å². The molecule has 1 saturated carbocycles. The van der Waals surface area contributed by atoms with Gasteiger partial charge in [0, 0.05) is 12.0 Å². The first-order valence-corrected chi connectivity index (χ1v) is 5.09. The molecule has 0 spiro atoms. The van der Waals surface area contributed by atoms with Crippen LogP contribution in [0.4, 0.5) is 0 Å². The standard InChI is InChI=1S/C11H18O3/c1-8(7-11(13)14-2)9-5-3-4-6-10(9)12/h7,9-10,12H,3-6H2,1-2H3/b8-7-. The minimum absolute atomic E-state index is 0.142. The first-order valence-electron chi connectivity index (χ1n) is 5.09. The molecule has 1 N–H and O–H groups in total. The molecule has 0 aromatic heterocycles. The fourth-order valence-electron chi connectivity index (χ4n) is 1.99. The summed E-state index contributed by atoms with van der Waals surface area (Å²) >= 11 is 0. The molecule has 1 rings (SSSR count). The Balaban J connectivity index is 2.61. The van der Waals surface area contributed by atoms with Crippen molar-refractivity contribution in [2.75, 3.05) is 7.11 Å². The topological polar surface area (TPSA) is 46.5 Å². The normalized spacial score (nSPS) is 28.6. The highest BCUT2D eigenvalue weighted by molar-refractivity contribution is 5.82. The second-order valence-electron chi connectivity index (χ2n) is 3.87. The first kappa shape index (κ1) is 11.2. The highest BCUT2D eigenvalue weighted by atomic mass is 16.5. The van der Waals surface area contributed by atoms with Crippen molar-refractivity contribution in [2.45, 2.75) is 38.7 Å². The molecule has 1 aliphatic rings. The molecule has 0 aromatic rings. The van der Waals surface area contributed by atoms with Crippen molar-refractivity contribution < 1.29 is 14.6 Å². The third kappa shape index (κ3) is 2.84. The average Bonchev–Trinajstić information content (AvgIpc) is 2.18. The zero-order chi connectivity index (χ0) is 10.6. The summed E-state index contributed by atoms with van der Waals surface area (Å²) in [4.78, 5) is 11.0. The van der Waals surface area contributed by atoms with Crippen LogP contribution in [0.1, 0.15) is 32.6 Å². The van der Waals surface area contributed by atoms with Gasteiger partial charge in [-0.1, -0.05) is 18.4 Å². The Morgan fingerprint density at radius 1 is 1.43 bits per heavy atom. The van der Waals surface area contributed by atoms with Crippen LogP contribution < -0.4 is 0 Å². The Bertz CT molecular complexity index is 233. The molecular weight excluding hydrogens is 180 g/mol. The van der Waals surface area contributed by atoms with E-state index in [0.29, 0.717) is 0 Å². The van der Waals surface area contributed by atoms with E-state index in [2.05, 4.69) is 4.74 Å². The SMILES string of the molecule is COC(=O)/C=C(/C)C1CCCCC1O. The maximum atomic E-state index is 11.0. The van der Waals surface area contributed by atoms with Gasteiger partial charge in [0.2, 0.25) is 0 Å². The third-order valence-corrected chi connectivity index (χ3v) is 2.86. The van der Waals surface area contributed by atoms with Gasteiger partial charge in [-0.15, -0.1) is 0 Å². The fourth-order valence-corrected chi connectivity index (χ4v) is 1.99. The predicted molar refractivity (Wildman–Crippen MR) is 53.7 cm³/mol. The summed E-state index contributed by atoms with van der Waals surface area (Å²) in [6.07, 6.45) is 5.23. The molecule has 0 aliphatic heterocycles. The number of rotatable bonds is 2. The van der Waals surface area contributed by atoms with Crippen molar-refractivity contribution in [1.29, 1.82) is 0 Å². The molecule has 3 heteroatoms. The van der Waals surface area contributed by atoms with Crippen LogP contribution in [0.15, 0.2) is 11.6 Å². The minimum atomic E-state index is -0.333.